The van der Waals surface area contributed by atoms with Crippen LogP contribution in [0, 0.1) is 5.92 Å². The third-order valence-corrected chi connectivity index (χ3v) is 3.54. The Balaban J connectivity index is 1.94. The Morgan fingerprint density at radius 1 is 1.64 bits per heavy atom. The maximum absolute atomic E-state index is 10.8. The van der Waals surface area contributed by atoms with Gasteiger partial charge in [-0.1, -0.05) is 6.92 Å². The second kappa shape index (κ2) is 3.87. The number of fused-ring (bicyclic) bond motifs is 1. The van der Waals surface area contributed by atoms with Crippen molar-refractivity contribution in [1.29, 1.82) is 0 Å². The van der Waals surface area contributed by atoms with Crippen molar-refractivity contribution in [2.45, 2.75) is 31.8 Å². The monoisotopic (exact) mass is 198 g/mol. The van der Waals surface area contributed by atoms with Gasteiger partial charge in [-0.15, -0.1) is 0 Å². The highest BCUT2D eigenvalue weighted by Gasteiger charge is 2.35. The highest BCUT2D eigenvalue weighted by molar-refractivity contribution is 5.70. The molecule has 0 aromatic carbocycles. The smallest absolute Gasteiger partial charge is 0.307 e. The minimum absolute atomic E-state index is 0.127. The first-order chi connectivity index (χ1) is 6.68. The van der Waals surface area contributed by atoms with E-state index in [1.54, 1.807) is 6.92 Å². The minimum Gasteiger partial charge on any atom is -0.481 e. The zero-order valence-electron chi connectivity index (χ0n) is 8.57. The number of hydrogen-bond donors (Lipinski definition) is 2. The van der Waals surface area contributed by atoms with Gasteiger partial charge in [-0.2, -0.15) is 0 Å². The van der Waals surface area contributed by atoms with Crippen LogP contribution in [0.25, 0.3) is 0 Å². The molecule has 3 atom stereocenters. The number of nitrogens with one attached hydrogen (secondary N) is 1. The number of rotatable bonds is 2. The summed E-state index contributed by atoms with van der Waals surface area (Å²) in [5, 5.41) is 12.3. The van der Waals surface area contributed by atoms with Gasteiger partial charge >= 0.3 is 5.97 Å². The fraction of sp³-hybridized carbons (Fsp3) is 0.900. The van der Waals surface area contributed by atoms with Crippen molar-refractivity contribution >= 4 is 5.97 Å². The Morgan fingerprint density at radius 2 is 2.43 bits per heavy atom. The van der Waals surface area contributed by atoms with Gasteiger partial charge in [-0.3, -0.25) is 9.69 Å². The van der Waals surface area contributed by atoms with Gasteiger partial charge in [0.25, 0.3) is 0 Å². The normalized spacial score (nSPS) is 35.2. The summed E-state index contributed by atoms with van der Waals surface area (Å²) < 4.78 is 0. The van der Waals surface area contributed by atoms with Crippen molar-refractivity contribution in [2.75, 3.05) is 19.6 Å². The highest BCUT2D eigenvalue weighted by Crippen LogP contribution is 2.22. The molecule has 2 aliphatic rings. The van der Waals surface area contributed by atoms with Gasteiger partial charge in [-0.25, -0.2) is 0 Å². The maximum atomic E-state index is 10.8. The molecule has 80 valence electrons. The van der Waals surface area contributed by atoms with Crippen LogP contribution in [-0.4, -0.2) is 47.7 Å². The summed E-state index contributed by atoms with van der Waals surface area (Å²) in [5.74, 6) is -0.975. The molecule has 4 nitrogen and oxygen atoms in total. The summed E-state index contributed by atoms with van der Waals surface area (Å²) in [7, 11) is 0. The lowest BCUT2D eigenvalue weighted by molar-refractivity contribution is -0.142. The zero-order valence-corrected chi connectivity index (χ0v) is 8.57. The molecule has 14 heavy (non-hydrogen) atoms. The Kier molecular flexibility index (Phi) is 2.74. The van der Waals surface area contributed by atoms with Gasteiger partial charge in [0.05, 0.1) is 5.92 Å². The van der Waals surface area contributed by atoms with E-state index < -0.39 is 5.97 Å². The number of aliphatic carboxylic acids is 1. The molecule has 2 saturated heterocycles. The van der Waals surface area contributed by atoms with Crippen molar-refractivity contribution in [1.82, 2.24) is 10.2 Å². The topological polar surface area (TPSA) is 52.6 Å². The molecular weight excluding hydrogens is 180 g/mol. The van der Waals surface area contributed by atoms with Crippen LogP contribution in [0.15, 0.2) is 0 Å². The number of carbonyl (C=O) groups is 1. The van der Waals surface area contributed by atoms with E-state index in [-0.39, 0.29) is 12.0 Å². The van der Waals surface area contributed by atoms with Crippen LogP contribution in [-0.2, 0) is 4.79 Å². The van der Waals surface area contributed by atoms with Crippen LogP contribution >= 0.6 is 0 Å². The molecule has 0 saturated carbocycles. The van der Waals surface area contributed by atoms with Gasteiger partial charge in [0, 0.05) is 25.2 Å². The van der Waals surface area contributed by atoms with Gasteiger partial charge < -0.3 is 10.4 Å². The third-order valence-electron chi connectivity index (χ3n) is 3.54. The number of nitrogens with zero attached hydrogens (tertiary/aromatic N) is 1. The number of carboxylic acid groups (broad SMARTS) is 1. The lowest BCUT2D eigenvalue weighted by atomic mass is 9.98. The van der Waals surface area contributed by atoms with Gasteiger partial charge in [0.15, 0.2) is 0 Å². The lowest BCUT2D eigenvalue weighted by Gasteiger charge is -2.37. The van der Waals surface area contributed by atoms with E-state index in [9.17, 15) is 4.79 Å². The molecule has 0 spiro atoms. The molecule has 2 aliphatic heterocycles. The quantitative estimate of drug-likeness (QED) is 0.663. The summed E-state index contributed by atoms with van der Waals surface area (Å²) >= 11 is 0. The second-order valence-electron chi connectivity index (χ2n) is 4.43. The molecule has 4 heteroatoms. The minimum atomic E-state index is -0.694. The maximum Gasteiger partial charge on any atom is 0.307 e. The van der Waals surface area contributed by atoms with Crippen molar-refractivity contribution in [3.63, 3.8) is 0 Å². The Morgan fingerprint density at radius 3 is 3.14 bits per heavy atom. The van der Waals surface area contributed by atoms with E-state index in [1.165, 1.54) is 12.8 Å². The highest BCUT2D eigenvalue weighted by atomic mass is 16.4. The van der Waals surface area contributed by atoms with Crippen molar-refractivity contribution in [3.05, 3.63) is 0 Å². The summed E-state index contributed by atoms with van der Waals surface area (Å²) in [6.45, 7) is 4.80. The molecule has 2 rings (SSSR count). The van der Waals surface area contributed by atoms with Gasteiger partial charge in [0.2, 0.25) is 0 Å². The van der Waals surface area contributed by atoms with Gasteiger partial charge in [-0.05, 0) is 19.4 Å². The van der Waals surface area contributed by atoms with Crippen molar-refractivity contribution in [2.24, 2.45) is 5.92 Å². The van der Waals surface area contributed by atoms with Crippen LogP contribution in [0.4, 0.5) is 0 Å². The summed E-state index contributed by atoms with van der Waals surface area (Å²) in [6, 6.07) is 0.786. The summed E-state index contributed by atoms with van der Waals surface area (Å²) in [4.78, 5) is 13.3. The van der Waals surface area contributed by atoms with Crippen LogP contribution in [0.1, 0.15) is 19.8 Å². The zero-order chi connectivity index (χ0) is 10.1. The SMILES string of the molecule is CC(C(=O)O)C1CN2CCCC2CN1. The molecule has 2 N–H and O–H groups in total. The van der Waals surface area contributed by atoms with E-state index in [1.807, 2.05) is 0 Å². The van der Waals surface area contributed by atoms with Gasteiger partial charge in [0.1, 0.15) is 0 Å². The molecule has 0 radical (unpaired) electrons. The fourth-order valence-corrected chi connectivity index (χ4v) is 2.48. The first-order valence-corrected chi connectivity index (χ1v) is 5.38. The summed E-state index contributed by atoms with van der Waals surface area (Å²) in [6.07, 6.45) is 2.53. The molecule has 0 aromatic rings. The largest absolute Gasteiger partial charge is 0.481 e. The van der Waals surface area contributed by atoms with Crippen molar-refractivity contribution in [3.8, 4) is 0 Å². The molecule has 3 unspecified atom stereocenters. The van der Waals surface area contributed by atoms with Crippen molar-refractivity contribution < 1.29 is 9.90 Å². The number of carboxylic acids is 1. The predicted molar refractivity (Wildman–Crippen MR) is 53.2 cm³/mol. The second-order valence-corrected chi connectivity index (χ2v) is 4.43. The number of piperazine rings is 1. The average Bonchev–Trinajstić information content (AvgIpc) is 2.62. The standard InChI is InChI=1S/C10H18N2O2/c1-7(10(13)14)9-6-12-4-2-3-8(12)5-11-9/h7-9,11H,2-6H2,1H3,(H,13,14). The van der Waals surface area contributed by atoms with Crippen LogP contribution < -0.4 is 5.32 Å². The molecule has 0 aromatic heterocycles. The van der Waals surface area contributed by atoms with Crippen LogP contribution in [0.3, 0.4) is 0 Å². The molecule has 2 heterocycles. The van der Waals surface area contributed by atoms with Crippen LogP contribution in [0.2, 0.25) is 0 Å². The van der Waals surface area contributed by atoms with E-state index in [0.717, 1.165) is 19.6 Å². The van der Waals surface area contributed by atoms with Crippen LogP contribution in [0.5, 0.6) is 0 Å². The van der Waals surface area contributed by atoms with E-state index in [2.05, 4.69) is 10.2 Å². The fourth-order valence-electron chi connectivity index (χ4n) is 2.48. The molecule has 0 amide bonds. The predicted octanol–water partition coefficient (Wildman–Crippen LogP) is 0.143. The Labute approximate surface area is 84.3 Å². The first kappa shape index (κ1) is 9.93. The Hall–Kier alpha value is -0.610. The summed E-state index contributed by atoms with van der Waals surface area (Å²) in [5.41, 5.74) is 0. The third kappa shape index (κ3) is 1.77. The molecular formula is C10H18N2O2. The van der Waals surface area contributed by atoms with E-state index >= 15 is 0 Å². The van der Waals surface area contributed by atoms with E-state index in [4.69, 9.17) is 5.11 Å². The lowest BCUT2D eigenvalue weighted by Crippen LogP contribution is -2.57. The molecule has 0 aliphatic carbocycles. The first-order valence-electron chi connectivity index (χ1n) is 5.38. The number of hydrogen-bond acceptors (Lipinski definition) is 3. The Bertz CT molecular complexity index is 232. The molecule has 2 fully saturated rings. The van der Waals surface area contributed by atoms with E-state index in [0.29, 0.717) is 6.04 Å². The average molecular weight is 198 g/mol. The molecule has 0 bridgehead atoms.